The van der Waals surface area contributed by atoms with Crippen LogP contribution in [0.5, 0.6) is 0 Å². The summed E-state index contributed by atoms with van der Waals surface area (Å²) in [6, 6.07) is 7.03. The van der Waals surface area contributed by atoms with Crippen molar-refractivity contribution in [1.82, 2.24) is 25.2 Å². The van der Waals surface area contributed by atoms with E-state index in [-0.39, 0.29) is 5.91 Å². The topological polar surface area (TPSA) is 84.2 Å². The molecule has 2 N–H and O–H groups in total. The van der Waals surface area contributed by atoms with E-state index in [9.17, 15) is 4.79 Å². The van der Waals surface area contributed by atoms with Gasteiger partial charge in [0.05, 0.1) is 4.88 Å². The van der Waals surface area contributed by atoms with E-state index in [1.54, 1.807) is 18.2 Å². The van der Waals surface area contributed by atoms with E-state index in [2.05, 4.69) is 26.1 Å². The number of amides is 1. The number of fused-ring (bicyclic) bond motifs is 1. The van der Waals surface area contributed by atoms with Crippen molar-refractivity contribution in [3.05, 3.63) is 40.8 Å². The van der Waals surface area contributed by atoms with Crippen LogP contribution in [0, 0.1) is 0 Å². The Morgan fingerprint density at radius 1 is 1.33 bits per heavy atom. The second-order valence-electron chi connectivity index (χ2n) is 3.41. The standard InChI is InChI=1S/C10H8N6OS/c17-10(7-2-1-5-18-7)14-12-8-3-4-9-13-11-6-16(9)15-8/h1-6H,(H,12,15)(H,14,17). The molecule has 3 heterocycles. The molecule has 0 atom stereocenters. The van der Waals surface area contributed by atoms with Crippen LogP contribution in [-0.4, -0.2) is 25.7 Å². The first-order chi connectivity index (χ1) is 8.83. The molecule has 8 heteroatoms. The average Bonchev–Trinajstić information content (AvgIpc) is 3.05. The molecule has 0 fully saturated rings. The minimum Gasteiger partial charge on any atom is -0.280 e. The van der Waals surface area contributed by atoms with Crippen molar-refractivity contribution >= 4 is 28.7 Å². The number of nitrogens with zero attached hydrogens (tertiary/aromatic N) is 4. The normalized spacial score (nSPS) is 10.4. The van der Waals surface area contributed by atoms with Crippen molar-refractivity contribution in [3.63, 3.8) is 0 Å². The maximum Gasteiger partial charge on any atom is 0.279 e. The third kappa shape index (κ3) is 2.00. The fourth-order valence-corrected chi connectivity index (χ4v) is 2.00. The number of aromatic nitrogens is 4. The summed E-state index contributed by atoms with van der Waals surface area (Å²) in [6.07, 6.45) is 1.49. The Hall–Kier alpha value is -2.48. The molecule has 0 aliphatic carbocycles. The number of anilines is 1. The molecular weight excluding hydrogens is 252 g/mol. The first-order valence-electron chi connectivity index (χ1n) is 5.10. The van der Waals surface area contributed by atoms with E-state index in [1.807, 2.05) is 11.4 Å². The van der Waals surface area contributed by atoms with Crippen LogP contribution in [0.15, 0.2) is 36.0 Å². The SMILES string of the molecule is O=C(NNc1ccc2nncn2n1)c1cccs1. The van der Waals surface area contributed by atoms with Crippen LogP contribution in [0.1, 0.15) is 9.67 Å². The summed E-state index contributed by atoms with van der Waals surface area (Å²) in [5.74, 6) is 0.308. The van der Waals surface area contributed by atoms with Gasteiger partial charge in [-0.1, -0.05) is 6.07 Å². The van der Waals surface area contributed by atoms with Gasteiger partial charge in [-0.3, -0.25) is 15.6 Å². The zero-order valence-electron chi connectivity index (χ0n) is 9.07. The highest BCUT2D eigenvalue weighted by Gasteiger charge is 2.06. The Labute approximate surface area is 105 Å². The van der Waals surface area contributed by atoms with E-state index in [4.69, 9.17) is 0 Å². The molecule has 0 unspecified atom stereocenters. The first-order valence-corrected chi connectivity index (χ1v) is 5.98. The second kappa shape index (κ2) is 4.41. The van der Waals surface area contributed by atoms with Crippen molar-refractivity contribution in [2.24, 2.45) is 0 Å². The lowest BCUT2D eigenvalue weighted by molar-refractivity contribution is 0.0966. The van der Waals surface area contributed by atoms with Crippen LogP contribution in [-0.2, 0) is 0 Å². The van der Waals surface area contributed by atoms with Crippen LogP contribution in [0.3, 0.4) is 0 Å². The summed E-state index contributed by atoms with van der Waals surface area (Å²) >= 11 is 1.37. The van der Waals surface area contributed by atoms with Gasteiger partial charge >= 0.3 is 0 Å². The molecule has 0 aliphatic rings. The van der Waals surface area contributed by atoms with E-state index in [0.29, 0.717) is 16.3 Å². The summed E-state index contributed by atoms with van der Waals surface area (Å²) < 4.78 is 1.51. The van der Waals surface area contributed by atoms with Crippen LogP contribution >= 0.6 is 11.3 Å². The summed E-state index contributed by atoms with van der Waals surface area (Å²) in [4.78, 5) is 12.3. The molecule has 3 rings (SSSR count). The zero-order chi connectivity index (χ0) is 12.4. The van der Waals surface area contributed by atoms with Crippen LogP contribution in [0.25, 0.3) is 5.65 Å². The van der Waals surface area contributed by atoms with Crippen molar-refractivity contribution in [3.8, 4) is 0 Å². The van der Waals surface area contributed by atoms with Crippen molar-refractivity contribution in [1.29, 1.82) is 0 Å². The monoisotopic (exact) mass is 260 g/mol. The molecule has 3 aromatic rings. The van der Waals surface area contributed by atoms with Gasteiger partial charge in [-0.15, -0.1) is 26.6 Å². The van der Waals surface area contributed by atoms with Crippen molar-refractivity contribution in [2.75, 3.05) is 5.43 Å². The second-order valence-corrected chi connectivity index (χ2v) is 4.36. The molecule has 90 valence electrons. The fraction of sp³-hybridized carbons (Fsp3) is 0. The minimum atomic E-state index is -0.198. The summed E-state index contributed by atoms with van der Waals surface area (Å²) in [5.41, 5.74) is 5.94. The van der Waals surface area contributed by atoms with Gasteiger partial charge in [0.25, 0.3) is 5.91 Å². The maximum absolute atomic E-state index is 11.7. The van der Waals surface area contributed by atoms with Crippen LogP contribution in [0.2, 0.25) is 0 Å². The number of hydrazine groups is 1. The number of hydrogen-bond acceptors (Lipinski definition) is 6. The van der Waals surface area contributed by atoms with E-state index in [0.717, 1.165) is 0 Å². The van der Waals surface area contributed by atoms with Gasteiger partial charge in [-0.05, 0) is 23.6 Å². The number of carbonyl (C=O) groups excluding carboxylic acids is 1. The van der Waals surface area contributed by atoms with Crippen LogP contribution in [0.4, 0.5) is 5.82 Å². The molecule has 0 radical (unpaired) electrons. The Bertz CT molecular complexity index is 677. The molecule has 0 bridgehead atoms. The molecule has 3 aromatic heterocycles. The van der Waals surface area contributed by atoms with E-state index >= 15 is 0 Å². The Balaban J connectivity index is 1.71. The Kier molecular flexibility index (Phi) is 2.61. The van der Waals surface area contributed by atoms with Gasteiger partial charge in [-0.2, -0.15) is 4.52 Å². The Morgan fingerprint density at radius 3 is 3.11 bits per heavy atom. The lowest BCUT2D eigenvalue weighted by Crippen LogP contribution is -2.29. The molecular formula is C10H8N6OS. The number of hydrogen-bond donors (Lipinski definition) is 2. The lowest BCUT2D eigenvalue weighted by Gasteiger charge is -2.06. The van der Waals surface area contributed by atoms with Gasteiger partial charge in [0.1, 0.15) is 6.33 Å². The highest BCUT2D eigenvalue weighted by Crippen LogP contribution is 2.08. The summed E-state index contributed by atoms with van der Waals surface area (Å²) in [7, 11) is 0. The number of carbonyl (C=O) groups is 1. The van der Waals surface area contributed by atoms with Gasteiger partial charge in [0.15, 0.2) is 11.5 Å². The van der Waals surface area contributed by atoms with Crippen LogP contribution < -0.4 is 10.9 Å². The Morgan fingerprint density at radius 2 is 2.28 bits per heavy atom. The quantitative estimate of drug-likeness (QED) is 0.685. The highest BCUT2D eigenvalue weighted by atomic mass is 32.1. The number of thiophene rings is 1. The van der Waals surface area contributed by atoms with Crippen molar-refractivity contribution in [2.45, 2.75) is 0 Å². The third-order valence-corrected chi connectivity index (χ3v) is 3.08. The molecule has 0 spiro atoms. The number of nitrogens with one attached hydrogen (secondary N) is 2. The van der Waals surface area contributed by atoms with E-state index in [1.165, 1.54) is 22.2 Å². The minimum absolute atomic E-state index is 0.198. The average molecular weight is 260 g/mol. The largest absolute Gasteiger partial charge is 0.280 e. The smallest absolute Gasteiger partial charge is 0.279 e. The highest BCUT2D eigenvalue weighted by molar-refractivity contribution is 7.12. The maximum atomic E-state index is 11.7. The third-order valence-electron chi connectivity index (χ3n) is 2.21. The fourth-order valence-electron chi connectivity index (χ4n) is 1.39. The first kappa shape index (κ1) is 10.7. The van der Waals surface area contributed by atoms with E-state index < -0.39 is 0 Å². The predicted octanol–water partition coefficient (Wildman–Crippen LogP) is 0.943. The van der Waals surface area contributed by atoms with Gasteiger partial charge in [0.2, 0.25) is 0 Å². The summed E-state index contributed by atoms with van der Waals surface area (Å²) in [5, 5.41) is 13.5. The van der Waals surface area contributed by atoms with Crippen molar-refractivity contribution < 1.29 is 4.79 Å². The molecule has 0 aromatic carbocycles. The van der Waals surface area contributed by atoms with Gasteiger partial charge < -0.3 is 0 Å². The lowest BCUT2D eigenvalue weighted by atomic mass is 10.4. The van der Waals surface area contributed by atoms with Gasteiger partial charge in [0, 0.05) is 0 Å². The van der Waals surface area contributed by atoms with Gasteiger partial charge in [-0.25, -0.2) is 0 Å². The number of rotatable bonds is 3. The summed E-state index contributed by atoms with van der Waals surface area (Å²) in [6.45, 7) is 0. The molecule has 18 heavy (non-hydrogen) atoms. The molecule has 7 nitrogen and oxygen atoms in total. The molecule has 0 saturated heterocycles. The zero-order valence-corrected chi connectivity index (χ0v) is 9.89. The molecule has 0 saturated carbocycles. The molecule has 0 aliphatic heterocycles. The predicted molar refractivity (Wildman–Crippen MR) is 66.2 cm³/mol. The molecule has 1 amide bonds.